The molecule has 13 heavy (non-hydrogen) atoms. The smallest absolute Gasteiger partial charge is 0.0705 e. The number of fused-ring (bicyclic) bond motifs is 1. The maximum absolute atomic E-state index is 4.29. The second kappa shape index (κ2) is 3.76. The van der Waals surface area contributed by atoms with Crippen molar-refractivity contribution in [3.05, 3.63) is 40.5 Å². The van der Waals surface area contributed by atoms with Crippen molar-refractivity contribution in [2.75, 3.05) is 0 Å². The zero-order valence-electron chi connectivity index (χ0n) is 6.80. The summed E-state index contributed by atoms with van der Waals surface area (Å²) in [7, 11) is 0. The van der Waals surface area contributed by atoms with Gasteiger partial charge in [-0.2, -0.15) is 0 Å². The number of rotatable bonds is 1. The predicted molar refractivity (Wildman–Crippen MR) is 62.1 cm³/mol. The highest BCUT2D eigenvalue weighted by Gasteiger charge is 2.00. The third-order valence-electron chi connectivity index (χ3n) is 1.94. The van der Waals surface area contributed by atoms with Crippen molar-refractivity contribution in [3.8, 4) is 0 Å². The van der Waals surface area contributed by atoms with Crippen LogP contribution in [0.3, 0.4) is 0 Å². The lowest BCUT2D eigenvalue weighted by Crippen LogP contribution is -1.84. The lowest BCUT2D eigenvalue weighted by Gasteiger charge is -2.02. The Morgan fingerprint density at radius 3 is 2.85 bits per heavy atom. The maximum atomic E-state index is 4.29. The fourth-order valence-electron chi connectivity index (χ4n) is 1.29. The van der Waals surface area contributed by atoms with Crippen LogP contribution in [0.2, 0.25) is 0 Å². The van der Waals surface area contributed by atoms with Gasteiger partial charge in [0.2, 0.25) is 0 Å². The Hall–Kier alpha value is -0.410. The van der Waals surface area contributed by atoms with E-state index in [4.69, 9.17) is 0 Å². The second-order valence-electron chi connectivity index (χ2n) is 2.77. The first-order valence-electron chi connectivity index (χ1n) is 3.90. The topological polar surface area (TPSA) is 12.9 Å². The van der Waals surface area contributed by atoms with Crippen molar-refractivity contribution < 1.29 is 0 Å². The van der Waals surface area contributed by atoms with Gasteiger partial charge >= 0.3 is 0 Å². The van der Waals surface area contributed by atoms with Gasteiger partial charge in [0.1, 0.15) is 0 Å². The van der Waals surface area contributed by atoms with E-state index in [2.05, 4.69) is 42.9 Å². The number of hydrogen-bond acceptors (Lipinski definition) is 1. The minimum atomic E-state index is 0.864. The highest BCUT2D eigenvalue weighted by Crippen LogP contribution is 2.22. The molecule has 2 aromatic rings. The quantitative estimate of drug-likeness (QED) is 0.728. The van der Waals surface area contributed by atoms with E-state index in [1.54, 1.807) is 0 Å². The Labute approximate surface area is 93.4 Å². The van der Waals surface area contributed by atoms with E-state index in [9.17, 15) is 0 Å². The molecular weight excluding hydrogens is 294 g/mol. The van der Waals surface area contributed by atoms with Gasteiger partial charge in [0.05, 0.1) is 5.52 Å². The van der Waals surface area contributed by atoms with Crippen molar-refractivity contribution in [3.63, 3.8) is 0 Å². The third kappa shape index (κ3) is 1.76. The number of pyridine rings is 1. The highest BCUT2D eigenvalue weighted by atomic mass is 79.9. The Kier molecular flexibility index (Phi) is 2.65. The molecule has 3 heteroatoms. The first-order valence-corrected chi connectivity index (χ1v) is 5.82. The summed E-state index contributed by atoms with van der Waals surface area (Å²) >= 11 is 6.91. The molecule has 0 saturated carbocycles. The van der Waals surface area contributed by atoms with E-state index in [0.717, 1.165) is 15.3 Å². The molecule has 0 aliphatic heterocycles. The van der Waals surface area contributed by atoms with E-state index in [0.29, 0.717) is 0 Å². The average Bonchev–Trinajstić information content (AvgIpc) is 2.17. The lowest BCUT2D eigenvalue weighted by atomic mass is 10.1. The summed E-state index contributed by atoms with van der Waals surface area (Å²) in [6.07, 6.45) is 1.84. The van der Waals surface area contributed by atoms with Crippen molar-refractivity contribution >= 4 is 42.8 Å². The molecule has 0 atom stereocenters. The standard InChI is InChI=1S/C10H7Br2N/c11-6-7-3-4-13-10-2-1-8(12)5-9(7)10/h1-5H,6H2. The SMILES string of the molecule is BrCc1ccnc2ccc(Br)cc12. The molecule has 2 rings (SSSR count). The van der Waals surface area contributed by atoms with E-state index in [1.165, 1.54) is 10.9 Å². The zero-order valence-corrected chi connectivity index (χ0v) is 9.97. The third-order valence-corrected chi connectivity index (χ3v) is 3.04. The molecule has 1 aromatic heterocycles. The number of halogens is 2. The molecule has 0 spiro atoms. The van der Waals surface area contributed by atoms with Crippen LogP contribution >= 0.6 is 31.9 Å². The molecule has 1 heterocycles. The molecule has 0 saturated heterocycles. The molecule has 0 aliphatic rings. The summed E-state index contributed by atoms with van der Waals surface area (Å²) in [5.41, 5.74) is 2.31. The number of benzene rings is 1. The van der Waals surface area contributed by atoms with E-state index in [1.807, 2.05) is 24.4 Å². The summed E-state index contributed by atoms with van der Waals surface area (Å²) in [5.74, 6) is 0. The Balaban J connectivity index is 2.79. The van der Waals surface area contributed by atoms with Gasteiger partial charge < -0.3 is 0 Å². The summed E-state index contributed by atoms with van der Waals surface area (Å²) in [6, 6.07) is 8.15. The van der Waals surface area contributed by atoms with Gasteiger partial charge in [-0.1, -0.05) is 31.9 Å². The van der Waals surface area contributed by atoms with Gasteiger partial charge in [-0.15, -0.1) is 0 Å². The van der Waals surface area contributed by atoms with Gasteiger partial charge in [-0.05, 0) is 29.8 Å². The summed E-state index contributed by atoms with van der Waals surface area (Å²) in [5, 5.41) is 2.07. The first kappa shape index (κ1) is 9.16. The number of hydrogen-bond donors (Lipinski definition) is 0. The van der Waals surface area contributed by atoms with Crippen LogP contribution in [-0.4, -0.2) is 4.98 Å². The van der Waals surface area contributed by atoms with Crippen LogP contribution in [0.4, 0.5) is 0 Å². The first-order chi connectivity index (χ1) is 6.31. The van der Waals surface area contributed by atoms with Crippen molar-refractivity contribution in [2.24, 2.45) is 0 Å². The van der Waals surface area contributed by atoms with Gasteiger partial charge in [0.15, 0.2) is 0 Å². The number of alkyl halides is 1. The van der Waals surface area contributed by atoms with Gasteiger partial charge in [0.25, 0.3) is 0 Å². The van der Waals surface area contributed by atoms with Crippen LogP contribution < -0.4 is 0 Å². The lowest BCUT2D eigenvalue weighted by molar-refractivity contribution is 1.35. The monoisotopic (exact) mass is 299 g/mol. The minimum Gasteiger partial charge on any atom is -0.256 e. The van der Waals surface area contributed by atoms with Crippen LogP contribution in [0.5, 0.6) is 0 Å². The number of aromatic nitrogens is 1. The second-order valence-corrected chi connectivity index (χ2v) is 4.24. The Morgan fingerprint density at radius 2 is 2.08 bits per heavy atom. The number of nitrogens with zero attached hydrogens (tertiary/aromatic N) is 1. The van der Waals surface area contributed by atoms with E-state index < -0.39 is 0 Å². The molecule has 0 amide bonds. The highest BCUT2D eigenvalue weighted by molar-refractivity contribution is 9.10. The fraction of sp³-hybridized carbons (Fsp3) is 0.100. The normalized spacial score (nSPS) is 10.6. The molecule has 1 nitrogen and oxygen atoms in total. The molecule has 0 bridgehead atoms. The van der Waals surface area contributed by atoms with Crippen LogP contribution in [0, 0.1) is 0 Å². The average molecular weight is 301 g/mol. The van der Waals surface area contributed by atoms with Gasteiger partial charge in [-0.25, -0.2) is 0 Å². The van der Waals surface area contributed by atoms with Crippen molar-refractivity contribution in [1.29, 1.82) is 0 Å². The summed E-state index contributed by atoms with van der Waals surface area (Å²) in [6.45, 7) is 0. The van der Waals surface area contributed by atoms with Crippen molar-refractivity contribution in [1.82, 2.24) is 4.98 Å². The molecule has 0 unspecified atom stereocenters. The van der Waals surface area contributed by atoms with E-state index >= 15 is 0 Å². The van der Waals surface area contributed by atoms with Crippen LogP contribution in [0.25, 0.3) is 10.9 Å². The Morgan fingerprint density at radius 1 is 1.23 bits per heavy atom. The Bertz CT molecular complexity index is 440. The minimum absolute atomic E-state index is 0.864. The predicted octanol–water partition coefficient (Wildman–Crippen LogP) is 3.89. The zero-order chi connectivity index (χ0) is 9.26. The van der Waals surface area contributed by atoms with Crippen molar-refractivity contribution in [2.45, 2.75) is 5.33 Å². The van der Waals surface area contributed by atoms with E-state index in [-0.39, 0.29) is 0 Å². The summed E-state index contributed by atoms with van der Waals surface area (Å²) < 4.78 is 1.09. The molecule has 0 fully saturated rings. The molecule has 0 aliphatic carbocycles. The maximum Gasteiger partial charge on any atom is 0.0705 e. The molecule has 0 radical (unpaired) electrons. The van der Waals surface area contributed by atoms with Crippen LogP contribution in [0.1, 0.15) is 5.56 Å². The fourth-order valence-corrected chi connectivity index (χ4v) is 2.14. The molecule has 1 aromatic carbocycles. The molecular formula is C10H7Br2N. The molecule has 0 N–H and O–H groups in total. The van der Waals surface area contributed by atoms with Gasteiger partial charge in [0, 0.05) is 21.4 Å². The largest absolute Gasteiger partial charge is 0.256 e. The summed E-state index contributed by atoms with van der Waals surface area (Å²) in [4.78, 5) is 4.29. The molecule has 66 valence electrons. The van der Waals surface area contributed by atoms with Crippen LogP contribution in [0.15, 0.2) is 34.9 Å². The van der Waals surface area contributed by atoms with Crippen LogP contribution in [-0.2, 0) is 5.33 Å². The van der Waals surface area contributed by atoms with Gasteiger partial charge in [-0.3, -0.25) is 4.98 Å².